The van der Waals surface area contributed by atoms with Crippen molar-refractivity contribution in [3.8, 4) is 0 Å². The van der Waals surface area contributed by atoms with Crippen molar-refractivity contribution in [2.75, 3.05) is 0 Å². The zero-order valence-corrected chi connectivity index (χ0v) is 11.0. The van der Waals surface area contributed by atoms with Crippen LogP contribution < -0.4 is 0 Å². The van der Waals surface area contributed by atoms with Crippen LogP contribution in [0.3, 0.4) is 0 Å². The smallest absolute Gasteiger partial charge is 0.0171 e. The van der Waals surface area contributed by atoms with Gasteiger partial charge in [0.15, 0.2) is 0 Å². The van der Waals surface area contributed by atoms with E-state index in [-0.39, 0.29) is 29.6 Å². The van der Waals surface area contributed by atoms with Gasteiger partial charge in [0.05, 0.1) is 0 Å². The van der Waals surface area contributed by atoms with Crippen molar-refractivity contribution in [2.24, 2.45) is 0 Å². The summed E-state index contributed by atoms with van der Waals surface area (Å²) >= 11 is 0. The van der Waals surface area contributed by atoms with Gasteiger partial charge in [0.2, 0.25) is 0 Å². The third-order valence-electron chi connectivity index (χ3n) is 2.05. The van der Waals surface area contributed by atoms with Crippen LogP contribution in [0.1, 0.15) is 16.7 Å². The van der Waals surface area contributed by atoms with Crippen LogP contribution in [0.25, 0.3) is 6.08 Å². The van der Waals surface area contributed by atoms with Crippen LogP contribution in [0.4, 0.5) is 0 Å². The van der Waals surface area contributed by atoms with Crippen LogP contribution in [0.15, 0.2) is 30.3 Å². The van der Waals surface area contributed by atoms with Crippen LogP contribution in [0.2, 0.25) is 0 Å². The first kappa shape index (κ1) is 9.27. The average Bonchev–Trinajstić information content (AvgIpc) is 2.34. The van der Waals surface area contributed by atoms with Gasteiger partial charge in [-0.3, -0.25) is 0 Å². The molecule has 1 aromatic carbocycles. The fourth-order valence-electron chi connectivity index (χ4n) is 1.43. The Morgan fingerprint density at radius 3 is 2.64 bits per heavy atom. The van der Waals surface area contributed by atoms with Crippen molar-refractivity contribution in [3.63, 3.8) is 0 Å². The predicted octanol–water partition coefficient (Wildman–Crippen LogP) is 0.739. The first-order valence-corrected chi connectivity index (χ1v) is 4.80. The topological polar surface area (TPSA) is 0 Å². The molecule has 0 saturated heterocycles. The summed E-state index contributed by atoms with van der Waals surface area (Å²) in [4.78, 5) is 0. The van der Waals surface area contributed by atoms with Crippen molar-refractivity contribution >= 4 is 45.9 Å². The number of rotatable bonds is 0. The molecule has 0 heterocycles. The maximum absolute atomic E-state index is 2.30. The van der Waals surface area contributed by atoms with Gasteiger partial charge in [0, 0.05) is 39.8 Å². The molecule has 1 atom stereocenters. The fraction of sp³-hybridized carbons (Fsp3) is 0.111. The minimum atomic E-state index is 0. The first-order valence-electron chi connectivity index (χ1n) is 3.65. The van der Waals surface area contributed by atoms with Gasteiger partial charge < -0.3 is 0 Å². The van der Waals surface area contributed by atoms with Gasteiger partial charge in [-0.05, 0) is 16.7 Å². The van der Waals surface area contributed by atoms with Gasteiger partial charge in [-0.15, -0.1) is 0 Å². The molecule has 0 aromatic heterocycles. The summed E-state index contributed by atoms with van der Waals surface area (Å²) in [7, 11) is 1.24. The van der Waals surface area contributed by atoms with E-state index < -0.39 is 0 Å². The average molecular weight is 169 g/mol. The van der Waals surface area contributed by atoms with E-state index in [1.165, 1.54) is 21.4 Å². The minimum Gasteiger partial charge on any atom is -0.0801 e. The number of allylic oxidation sites excluding steroid dienone is 1. The molecule has 0 N–H and O–H groups in total. The molecule has 1 unspecified atom stereocenters. The molecule has 0 bridgehead atoms. The van der Waals surface area contributed by atoms with Crippen molar-refractivity contribution in [2.45, 2.75) is 5.54 Å². The van der Waals surface area contributed by atoms with E-state index >= 15 is 0 Å². The molecule has 1 aromatic rings. The summed E-state index contributed by atoms with van der Waals surface area (Å²) in [6, 6.07) is 8.64. The molecule has 0 spiro atoms. The van der Waals surface area contributed by atoms with Gasteiger partial charge in [-0.1, -0.05) is 36.4 Å². The minimum absolute atomic E-state index is 0. The Hall–Kier alpha value is 0.177. The maximum atomic E-state index is 2.30. The molecular weight excluding hydrogens is 159 g/mol. The first-order chi connectivity index (χ1) is 4.88. The number of hydrogen-bond donors (Lipinski definition) is 0. The summed E-state index contributed by atoms with van der Waals surface area (Å²) in [6.45, 7) is 0. The summed E-state index contributed by atoms with van der Waals surface area (Å²) in [6.07, 6.45) is 4.53. The van der Waals surface area contributed by atoms with Crippen molar-refractivity contribution < 1.29 is 0 Å². The van der Waals surface area contributed by atoms with Crippen LogP contribution in [0.5, 0.6) is 0 Å². The van der Waals surface area contributed by atoms with E-state index in [1.807, 2.05) is 0 Å². The van der Waals surface area contributed by atoms with Gasteiger partial charge in [0.1, 0.15) is 0 Å². The summed E-state index contributed by atoms with van der Waals surface area (Å²) in [5, 5.41) is 0. The summed E-state index contributed by atoms with van der Waals surface area (Å²) in [5.41, 5.74) is 3.70. The molecular formula is C9H10NaSi. The van der Waals surface area contributed by atoms with E-state index in [1.54, 1.807) is 0 Å². The molecule has 2 rings (SSSR count). The van der Waals surface area contributed by atoms with Gasteiger partial charge in [-0.2, -0.15) is 0 Å². The number of hydrogen-bond acceptors (Lipinski definition) is 0. The molecule has 0 amide bonds. The Morgan fingerprint density at radius 2 is 1.91 bits per heavy atom. The largest absolute Gasteiger partial charge is 0.0801 e. The van der Waals surface area contributed by atoms with E-state index in [4.69, 9.17) is 0 Å². The van der Waals surface area contributed by atoms with Gasteiger partial charge in [0.25, 0.3) is 0 Å². The fourth-order valence-corrected chi connectivity index (χ4v) is 2.15. The summed E-state index contributed by atoms with van der Waals surface area (Å²) < 4.78 is 0. The second-order valence-corrected chi connectivity index (χ2v) is 4.02. The summed E-state index contributed by atoms with van der Waals surface area (Å²) in [5.74, 6) is 0. The predicted molar refractivity (Wildman–Crippen MR) is 53.9 cm³/mol. The van der Waals surface area contributed by atoms with E-state index in [2.05, 4.69) is 36.4 Å². The van der Waals surface area contributed by atoms with Crippen LogP contribution in [0, 0.1) is 0 Å². The molecule has 0 saturated carbocycles. The third kappa shape index (κ3) is 1.67. The van der Waals surface area contributed by atoms with Crippen LogP contribution in [-0.2, 0) is 0 Å². The second kappa shape index (κ2) is 3.72. The standard InChI is InChI=1S/C9H10Si.Na/c10-9-6-5-7-3-1-2-4-8(7)9;/h1-6,9H,10H3;. The zero-order valence-electron chi connectivity index (χ0n) is 7.04. The zero-order chi connectivity index (χ0) is 6.97. The Balaban J connectivity index is 0.000000605. The van der Waals surface area contributed by atoms with E-state index in [0.29, 0.717) is 0 Å². The normalized spacial score (nSPS) is 19.5. The Bertz CT molecular complexity index is 281. The SMILES string of the molecule is [Na].[SiH3]C1C=Cc2ccccc21. The van der Waals surface area contributed by atoms with Crippen molar-refractivity contribution in [1.29, 1.82) is 0 Å². The Kier molecular flexibility index (Phi) is 3.13. The van der Waals surface area contributed by atoms with Crippen LogP contribution in [-0.4, -0.2) is 39.8 Å². The molecule has 2 heteroatoms. The quantitative estimate of drug-likeness (QED) is 0.502. The molecule has 0 nitrogen and oxygen atoms in total. The number of fused-ring (bicyclic) bond motifs is 1. The molecule has 0 fully saturated rings. The number of benzene rings is 1. The monoisotopic (exact) mass is 169 g/mol. The molecule has 1 radical (unpaired) electrons. The van der Waals surface area contributed by atoms with Crippen molar-refractivity contribution in [1.82, 2.24) is 0 Å². The van der Waals surface area contributed by atoms with E-state index in [9.17, 15) is 0 Å². The van der Waals surface area contributed by atoms with Crippen LogP contribution >= 0.6 is 0 Å². The van der Waals surface area contributed by atoms with Crippen molar-refractivity contribution in [3.05, 3.63) is 41.5 Å². The maximum Gasteiger partial charge on any atom is 0.0171 e. The molecule has 11 heavy (non-hydrogen) atoms. The molecule has 1 aliphatic rings. The van der Waals surface area contributed by atoms with Gasteiger partial charge in [-0.25, -0.2) is 0 Å². The molecule has 1 aliphatic carbocycles. The Morgan fingerprint density at radius 1 is 1.18 bits per heavy atom. The Labute approximate surface area is 92.4 Å². The van der Waals surface area contributed by atoms with E-state index in [0.717, 1.165) is 5.54 Å². The molecule has 0 aliphatic heterocycles. The second-order valence-electron chi connectivity index (χ2n) is 2.78. The van der Waals surface area contributed by atoms with Gasteiger partial charge >= 0.3 is 0 Å². The molecule has 51 valence electrons. The third-order valence-corrected chi connectivity index (χ3v) is 3.06.